The topological polar surface area (TPSA) is 37.8 Å². The summed E-state index contributed by atoms with van der Waals surface area (Å²) in [5, 5.41) is 14.4. The fourth-order valence-electron chi connectivity index (χ4n) is 2.52. The SMILES string of the molecule is Cc1cc(C)c(-c2nnc(CCNC(C)(C)C)s2)c(C)c1. The van der Waals surface area contributed by atoms with E-state index in [1.54, 1.807) is 11.3 Å². The minimum atomic E-state index is 0.150. The van der Waals surface area contributed by atoms with Gasteiger partial charge in [-0.2, -0.15) is 0 Å². The summed E-state index contributed by atoms with van der Waals surface area (Å²) in [6, 6.07) is 4.43. The molecule has 0 radical (unpaired) electrons. The maximum absolute atomic E-state index is 4.39. The van der Waals surface area contributed by atoms with Crippen LogP contribution < -0.4 is 5.32 Å². The van der Waals surface area contributed by atoms with Gasteiger partial charge < -0.3 is 5.32 Å². The molecule has 1 N–H and O–H groups in total. The lowest BCUT2D eigenvalue weighted by Gasteiger charge is -2.19. The molecule has 0 fully saturated rings. The van der Waals surface area contributed by atoms with Gasteiger partial charge >= 0.3 is 0 Å². The first-order valence-corrected chi connectivity index (χ1v) is 8.23. The number of benzene rings is 1. The second-order valence-corrected chi connectivity index (χ2v) is 7.76. The molecule has 0 saturated heterocycles. The Kier molecular flexibility index (Phi) is 4.79. The summed E-state index contributed by atoms with van der Waals surface area (Å²) >= 11 is 1.71. The molecule has 0 aliphatic carbocycles. The molecule has 0 aliphatic rings. The first-order chi connectivity index (χ1) is 9.76. The van der Waals surface area contributed by atoms with Gasteiger partial charge in [-0.15, -0.1) is 10.2 Å². The maximum atomic E-state index is 4.39. The van der Waals surface area contributed by atoms with Crippen LogP contribution in [0.2, 0.25) is 0 Å². The molecule has 0 unspecified atom stereocenters. The van der Waals surface area contributed by atoms with Crippen molar-refractivity contribution in [3.8, 4) is 10.6 Å². The van der Waals surface area contributed by atoms with Crippen LogP contribution in [-0.2, 0) is 6.42 Å². The number of rotatable bonds is 4. The summed E-state index contributed by atoms with van der Waals surface area (Å²) in [7, 11) is 0. The van der Waals surface area contributed by atoms with Crippen molar-refractivity contribution in [2.24, 2.45) is 0 Å². The average Bonchev–Trinajstić information content (AvgIpc) is 2.74. The summed E-state index contributed by atoms with van der Waals surface area (Å²) in [4.78, 5) is 0. The molecular weight excluding hydrogens is 278 g/mol. The van der Waals surface area contributed by atoms with Gasteiger partial charge in [-0.25, -0.2) is 0 Å². The maximum Gasteiger partial charge on any atom is 0.148 e. The van der Waals surface area contributed by atoms with Crippen molar-refractivity contribution in [3.63, 3.8) is 0 Å². The fraction of sp³-hybridized carbons (Fsp3) is 0.529. The third-order valence-electron chi connectivity index (χ3n) is 3.35. The molecule has 0 amide bonds. The van der Waals surface area contributed by atoms with Gasteiger partial charge in [0.25, 0.3) is 0 Å². The van der Waals surface area contributed by atoms with E-state index in [1.165, 1.54) is 22.3 Å². The minimum absolute atomic E-state index is 0.150. The van der Waals surface area contributed by atoms with E-state index in [0.717, 1.165) is 23.0 Å². The first-order valence-electron chi connectivity index (χ1n) is 7.42. The van der Waals surface area contributed by atoms with E-state index in [4.69, 9.17) is 0 Å². The molecule has 2 aromatic rings. The Labute approximate surface area is 131 Å². The van der Waals surface area contributed by atoms with Gasteiger partial charge in [-0.1, -0.05) is 29.0 Å². The van der Waals surface area contributed by atoms with Crippen LogP contribution in [0.3, 0.4) is 0 Å². The molecule has 2 rings (SSSR count). The number of aromatic nitrogens is 2. The van der Waals surface area contributed by atoms with E-state index in [9.17, 15) is 0 Å². The molecule has 1 aromatic carbocycles. The van der Waals surface area contributed by atoms with Crippen LogP contribution in [0.5, 0.6) is 0 Å². The smallest absolute Gasteiger partial charge is 0.148 e. The highest BCUT2D eigenvalue weighted by Gasteiger charge is 2.13. The number of hydrogen-bond acceptors (Lipinski definition) is 4. The summed E-state index contributed by atoms with van der Waals surface area (Å²) in [6.07, 6.45) is 0.929. The standard InChI is InChI=1S/C17H25N3S/c1-11-9-12(2)15(13(3)10-11)16-20-19-14(21-16)7-8-18-17(4,5)6/h9-10,18H,7-8H2,1-6H3. The monoisotopic (exact) mass is 303 g/mol. The Bertz CT molecular complexity index is 600. The third-order valence-corrected chi connectivity index (χ3v) is 4.35. The molecule has 0 bridgehead atoms. The van der Waals surface area contributed by atoms with Gasteiger partial charge in [0.15, 0.2) is 0 Å². The van der Waals surface area contributed by atoms with Gasteiger partial charge in [-0.05, 0) is 52.7 Å². The van der Waals surface area contributed by atoms with E-state index in [-0.39, 0.29) is 5.54 Å². The summed E-state index contributed by atoms with van der Waals surface area (Å²) in [6.45, 7) is 13.9. The number of nitrogens with zero attached hydrogens (tertiary/aromatic N) is 2. The van der Waals surface area contributed by atoms with Crippen LogP contribution in [0.1, 0.15) is 42.5 Å². The van der Waals surface area contributed by atoms with E-state index in [2.05, 4.69) is 69.2 Å². The number of hydrogen-bond donors (Lipinski definition) is 1. The van der Waals surface area contributed by atoms with Gasteiger partial charge in [0.1, 0.15) is 10.0 Å². The molecule has 0 atom stereocenters. The van der Waals surface area contributed by atoms with Crippen molar-refractivity contribution in [2.45, 2.75) is 53.5 Å². The average molecular weight is 303 g/mol. The highest BCUT2D eigenvalue weighted by atomic mass is 32.1. The number of aryl methyl sites for hydroxylation is 3. The van der Waals surface area contributed by atoms with Gasteiger partial charge in [0.05, 0.1) is 0 Å². The van der Waals surface area contributed by atoms with Crippen molar-refractivity contribution in [2.75, 3.05) is 6.54 Å². The highest BCUT2D eigenvalue weighted by Crippen LogP contribution is 2.30. The molecule has 0 aliphatic heterocycles. The second kappa shape index (κ2) is 6.24. The Hall–Kier alpha value is -1.26. The predicted octanol–water partition coefficient (Wildman–Crippen LogP) is 4.06. The zero-order valence-corrected chi connectivity index (χ0v) is 14.7. The van der Waals surface area contributed by atoms with Gasteiger partial charge in [0.2, 0.25) is 0 Å². The van der Waals surface area contributed by atoms with Crippen molar-refractivity contribution < 1.29 is 0 Å². The van der Waals surface area contributed by atoms with Crippen LogP contribution in [0.25, 0.3) is 10.6 Å². The quantitative estimate of drug-likeness (QED) is 0.925. The lowest BCUT2D eigenvalue weighted by Crippen LogP contribution is -2.37. The largest absolute Gasteiger partial charge is 0.312 e. The molecule has 0 saturated carbocycles. The lowest BCUT2D eigenvalue weighted by atomic mass is 10.0. The minimum Gasteiger partial charge on any atom is -0.312 e. The molecule has 1 heterocycles. The van der Waals surface area contributed by atoms with Crippen molar-refractivity contribution in [1.29, 1.82) is 0 Å². The van der Waals surface area contributed by atoms with Crippen molar-refractivity contribution in [1.82, 2.24) is 15.5 Å². The van der Waals surface area contributed by atoms with Crippen LogP contribution in [0, 0.1) is 20.8 Å². The first kappa shape index (κ1) is 16.1. The van der Waals surface area contributed by atoms with E-state index >= 15 is 0 Å². The molecule has 0 spiro atoms. The predicted molar refractivity (Wildman–Crippen MR) is 91.0 cm³/mol. The van der Waals surface area contributed by atoms with Crippen LogP contribution in [-0.4, -0.2) is 22.3 Å². The van der Waals surface area contributed by atoms with Crippen LogP contribution >= 0.6 is 11.3 Å². The van der Waals surface area contributed by atoms with Crippen molar-refractivity contribution in [3.05, 3.63) is 33.8 Å². The molecule has 21 heavy (non-hydrogen) atoms. The van der Waals surface area contributed by atoms with Crippen LogP contribution in [0.4, 0.5) is 0 Å². The Morgan fingerprint density at radius 1 is 1.05 bits per heavy atom. The summed E-state index contributed by atoms with van der Waals surface area (Å²) in [5.74, 6) is 0. The van der Waals surface area contributed by atoms with E-state index < -0.39 is 0 Å². The molecule has 1 aromatic heterocycles. The Balaban J connectivity index is 2.13. The highest BCUT2D eigenvalue weighted by molar-refractivity contribution is 7.14. The molecule has 4 heteroatoms. The van der Waals surface area contributed by atoms with Crippen LogP contribution in [0.15, 0.2) is 12.1 Å². The summed E-state index contributed by atoms with van der Waals surface area (Å²) < 4.78 is 0. The third kappa shape index (κ3) is 4.35. The lowest BCUT2D eigenvalue weighted by molar-refractivity contribution is 0.429. The zero-order chi connectivity index (χ0) is 15.6. The molecular formula is C17H25N3S. The molecule has 3 nitrogen and oxygen atoms in total. The number of nitrogens with one attached hydrogen (secondary N) is 1. The summed E-state index contributed by atoms with van der Waals surface area (Å²) in [5.41, 5.74) is 5.25. The Morgan fingerprint density at radius 2 is 1.67 bits per heavy atom. The Morgan fingerprint density at radius 3 is 2.24 bits per heavy atom. The zero-order valence-electron chi connectivity index (χ0n) is 13.9. The van der Waals surface area contributed by atoms with Gasteiger partial charge in [0, 0.05) is 24.1 Å². The normalized spacial score (nSPS) is 11.9. The fourth-order valence-corrected chi connectivity index (χ4v) is 3.53. The van der Waals surface area contributed by atoms with Gasteiger partial charge in [-0.3, -0.25) is 0 Å². The van der Waals surface area contributed by atoms with E-state index in [0.29, 0.717) is 0 Å². The molecule has 114 valence electrons. The van der Waals surface area contributed by atoms with Crippen molar-refractivity contribution >= 4 is 11.3 Å². The van der Waals surface area contributed by atoms with E-state index in [1.807, 2.05) is 0 Å². The second-order valence-electron chi connectivity index (χ2n) is 6.70.